The summed E-state index contributed by atoms with van der Waals surface area (Å²) in [4.78, 5) is 22.6. The summed E-state index contributed by atoms with van der Waals surface area (Å²) in [6, 6.07) is 5.58. The molecule has 3 heteroatoms. The van der Waals surface area contributed by atoms with Crippen molar-refractivity contribution in [2.45, 2.75) is 19.8 Å². The second-order valence-electron chi connectivity index (χ2n) is 3.35. The van der Waals surface area contributed by atoms with Crippen LogP contribution in [0.1, 0.15) is 28.4 Å². The Labute approximate surface area is 82.1 Å². The zero-order valence-corrected chi connectivity index (χ0v) is 7.96. The summed E-state index contributed by atoms with van der Waals surface area (Å²) in [5.74, 6) is -0.477. The molecule has 72 valence electrons. The van der Waals surface area contributed by atoms with Crippen molar-refractivity contribution in [2.75, 3.05) is 0 Å². The van der Waals surface area contributed by atoms with Crippen LogP contribution in [0.25, 0.3) is 0 Å². The van der Waals surface area contributed by atoms with Crippen LogP contribution in [-0.4, -0.2) is 11.8 Å². The fourth-order valence-corrected chi connectivity index (χ4v) is 1.79. The highest BCUT2D eigenvalue weighted by molar-refractivity contribution is 6.09. The third kappa shape index (κ3) is 1.31. The number of carbonyl (C=O) groups excluding carboxylic acids is 2. The van der Waals surface area contributed by atoms with Gasteiger partial charge in [0.1, 0.15) is 0 Å². The van der Waals surface area contributed by atoms with Crippen LogP contribution in [0.2, 0.25) is 0 Å². The molecule has 1 aromatic rings. The number of nitrogens with one attached hydrogen (secondary N) is 1. The molecule has 2 rings (SSSR count). The zero-order valence-electron chi connectivity index (χ0n) is 7.96. The number of imide groups is 1. The van der Waals surface area contributed by atoms with Crippen LogP contribution in [0.5, 0.6) is 0 Å². The third-order valence-electron chi connectivity index (χ3n) is 2.49. The minimum Gasteiger partial charge on any atom is -0.292 e. The number of rotatable bonds is 1. The fraction of sp³-hybridized carbons (Fsp3) is 0.273. The molecule has 1 aliphatic rings. The van der Waals surface area contributed by atoms with Crippen molar-refractivity contribution in [2.24, 2.45) is 0 Å². The van der Waals surface area contributed by atoms with Crippen molar-refractivity contribution in [1.82, 2.24) is 5.32 Å². The first-order valence-electron chi connectivity index (χ1n) is 4.67. The van der Waals surface area contributed by atoms with E-state index < -0.39 is 0 Å². The van der Waals surface area contributed by atoms with Crippen molar-refractivity contribution in [1.29, 1.82) is 0 Å². The molecule has 1 aromatic carbocycles. The van der Waals surface area contributed by atoms with Crippen molar-refractivity contribution >= 4 is 11.8 Å². The van der Waals surface area contributed by atoms with Gasteiger partial charge in [0.2, 0.25) is 5.91 Å². The second kappa shape index (κ2) is 3.25. The smallest absolute Gasteiger partial charge is 0.258 e. The van der Waals surface area contributed by atoms with E-state index in [2.05, 4.69) is 5.32 Å². The van der Waals surface area contributed by atoms with Crippen LogP contribution in [-0.2, 0) is 17.6 Å². The lowest BCUT2D eigenvalue weighted by Crippen LogP contribution is -2.37. The molecular weight excluding hydrogens is 178 g/mol. The van der Waals surface area contributed by atoms with Gasteiger partial charge < -0.3 is 0 Å². The van der Waals surface area contributed by atoms with Gasteiger partial charge in [-0.1, -0.05) is 19.1 Å². The number of fused-ring (bicyclic) bond motifs is 1. The summed E-state index contributed by atoms with van der Waals surface area (Å²) in [6.45, 7) is 2.02. The summed E-state index contributed by atoms with van der Waals surface area (Å²) >= 11 is 0. The molecule has 1 aliphatic heterocycles. The number of hydrogen-bond donors (Lipinski definition) is 1. The summed E-state index contributed by atoms with van der Waals surface area (Å²) in [6.07, 6.45) is 1.18. The van der Waals surface area contributed by atoms with Crippen LogP contribution in [0.3, 0.4) is 0 Å². The predicted molar refractivity (Wildman–Crippen MR) is 52.0 cm³/mol. The maximum absolute atomic E-state index is 11.4. The minimum absolute atomic E-state index is 0.205. The molecule has 1 heterocycles. The van der Waals surface area contributed by atoms with Gasteiger partial charge >= 0.3 is 0 Å². The SMILES string of the molecule is CCc1cccc2c1CC(=O)NC2=O. The largest absolute Gasteiger partial charge is 0.292 e. The van der Waals surface area contributed by atoms with E-state index in [1.54, 1.807) is 6.07 Å². The monoisotopic (exact) mass is 189 g/mol. The lowest BCUT2D eigenvalue weighted by atomic mass is 9.93. The number of carbonyl (C=O) groups is 2. The van der Waals surface area contributed by atoms with E-state index in [0.717, 1.165) is 17.5 Å². The van der Waals surface area contributed by atoms with Crippen molar-refractivity contribution < 1.29 is 9.59 Å². The molecule has 0 aromatic heterocycles. The van der Waals surface area contributed by atoms with Crippen molar-refractivity contribution in [3.8, 4) is 0 Å². The van der Waals surface area contributed by atoms with Gasteiger partial charge in [-0.3, -0.25) is 14.9 Å². The molecular formula is C11H11NO2. The Bertz CT molecular complexity index is 410. The molecule has 0 unspecified atom stereocenters. The van der Waals surface area contributed by atoms with E-state index in [9.17, 15) is 9.59 Å². The van der Waals surface area contributed by atoms with Gasteiger partial charge in [0.05, 0.1) is 6.42 Å². The molecule has 0 saturated heterocycles. The van der Waals surface area contributed by atoms with Gasteiger partial charge in [0.15, 0.2) is 0 Å². The van der Waals surface area contributed by atoms with Gasteiger partial charge in [0, 0.05) is 5.56 Å². The predicted octanol–water partition coefficient (Wildman–Crippen LogP) is 1.06. The Balaban J connectivity index is 2.58. The standard InChI is InChI=1S/C11H11NO2/c1-2-7-4-3-5-8-9(7)6-10(13)12-11(8)14/h3-5H,2,6H2,1H3,(H,12,13,14). The number of benzene rings is 1. The molecule has 14 heavy (non-hydrogen) atoms. The second-order valence-corrected chi connectivity index (χ2v) is 3.35. The number of hydrogen-bond acceptors (Lipinski definition) is 2. The molecule has 2 amide bonds. The van der Waals surface area contributed by atoms with Crippen LogP contribution >= 0.6 is 0 Å². The first kappa shape index (κ1) is 8.94. The van der Waals surface area contributed by atoms with E-state index in [-0.39, 0.29) is 11.8 Å². The van der Waals surface area contributed by atoms with Crippen LogP contribution in [0, 0.1) is 0 Å². The summed E-state index contributed by atoms with van der Waals surface area (Å²) in [5, 5.41) is 2.31. The van der Waals surface area contributed by atoms with Crippen molar-refractivity contribution in [3.05, 3.63) is 34.9 Å². The fourth-order valence-electron chi connectivity index (χ4n) is 1.79. The molecule has 0 aliphatic carbocycles. The third-order valence-corrected chi connectivity index (χ3v) is 2.49. The highest BCUT2D eigenvalue weighted by atomic mass is 16.2. The lowest BCUT2D eigenvalue weighted by Gasteiger charge is -2.17. The van der Waals surface area contributed by atoms with Gasteiger partial charge in [0.25, 0.3) is 5.91 Å². The zero-order chi connectivity index (χ0) is 10.1. The molecule has 0 spiro atoms. The first-order valence-corrected chi connectivity index (χ1v) is 4.67. The maximum Gasteiger partial charge on any atom is 0.258 e. The van der Waals surface area contributed by atoms with Gasteiger partial charge in [-0.15, -0.1) is 0 Å². The molecule has 0 bridgehead atoms. The molecule has 0 fully saturated rings. The Morgan fingerprint density at radius 3 is 2.86 bits per heavy atom. The highest BCUT2D eigenvalue weighted by Gasteiger charge is 2.23. The van der Waals surface area contributed by atoms with E-state index >= 15 is 0 Å². The first-order chi connectivity index (χ1) is 6.72. The summed E-state index contributed by atoms with van der Waals surface area (Å²) < 4.78 is 0. The molecule has 3 nitrogen and oxygen atoms in total. The average Bonchev–Trinajstić information content (AvgIpc) is 2.17. The average molecular weight is 189 g/mol. The Morgan fingerprint density at radius 1 is 1.36 bits per heavy atom. The lowest BCUT2D eigenvalue weighted by molar-refractivity contribution is -0.119. The van der Waals surface area contributed by atoms with Gasteiger partial charge in [-0.05, 0) is 23.6 Å². The van der Waals surface area contributed by atoms with Crippen LogP contribution in [0.4, 0.5) is 0 Å². The number of aryl methyl sites for hydroxylation is 1. The topological polar surface area (TPSA) is 46.2 Å². The molecule has 0 atom stereocenters. The number of amides is 2. The summed E-state index contributed by atoms with van der Waals surface area (Å²) in [5.41, 5.74) is 2.62. The van der Waals surface area contributed by atoms with E-state index in [4.69, 9.17) is 0 Å². The molecule has 0 saturated carbocycles. The quantitative estimate of drug-likeness (QED) is 0.671. The maximum atomic E-state index is 11.4. The van der Waals surface area contributed by atoms with Gasteiger partial charge in [-0.25, -0.2) is 0 Å². The van der Waals surface area contributed by atoms with E-state index in [1.807, 2.05) is 19.1 Å². The van der Waals surface area contributed by atoms with Crippen LogP contribution < -0.4 is 5.32 Å². The summed E-state index contributed by atoms with van der Waals surface area (Å²) in [7, 11) is 0. The van der Waals surface area contributed by atoms with Crippen molar-refractivity contribution in [3.63, 3.8) is 0 Å². The Kier molecular flexibility index (Phi) is 2.08. The van der Waals surface area contributed by atoms with E-state index in [1.165, 1.54) is 0 Å². The van der Waals surface area contributed by atoms with Gasteiger partial charge in [-0.2, -0.15) is 0 Å². The highest BCUT2D eigenvalue weighted by Crippen LogP contribution is 2.19. The normalized spacial score (nSPS) is 14.9. The van der Waals surface area contributed by atoms with Crippen LogP contribution in [0.15, 0.2) is 18.2 Å². The molecule has 0 radical (unpaired) electrons. The molecule has 1 N–H and O–H groups in total. The van der Waals surface area contributed by atoms with E-state index in [0.29, 0.717) is 12.0 Å². The Morgan fingerprint density at radius 2 is 2.14 bits per heavy atom. The minimum atomic E-state index is -0.272. The Hall–Kier alpha value is -1.64.